The van der Waals surface area contributed by atoms with Crippen molar-refractivity contribution >= 4 is 38.6 Å². The second kappa shape index (κ2) is 14.8. The van der Waals surface area contributed by atoms with Crippen LogP contribution in [-0.4, -0.2) is 44.5 Å². The molecule has 4 heteroatoms. The highest BCUT2D eigenvalue weighted by molar-refractivity contribution is 6.07. The van der Waals surface area contributed by atoms with Crippen molar-refractivity contribution < 1.29 is 26.5 Å². The van der Waals surface area contributed by atoms with Gasteiger partial charge in [-0.2, -0.15) is 4.58 Å². The second-order valence-corrected chi connectivity index (χ2v) is 14.8. The van der Waals surface area contributed by atoms with Gasteiger partial charge in [0.15, 0.2) is 5.71 Å². The van der Waals surface area contributed by atoms with Crippen LogP contribution in [0.1, 0.15) is 64.5 Å². The van der Waals surface area contributed by atoms with Gasteiger partial charge in [-0.05, 0) is 78.4 Å². The molecule has 0 fully saturated rings. The molecule has 250 valence electrons. The van der Waals surface area contributed by atoms with E-state index in [9.17, 15) is 0 Å². The monoisotopic (exact) mass is 702 g/mol. The Morgan fingerprint density at radius 1 is 0.667 bits per heavy atom. The lowest BCUT2D eigenvalue weighted by Gasteiger charge is -2.27. The van der Waals surface area contributed by atoms with Gasteiger partial charge in [0.25, 0.3) is 0 Å². The average molecular weight is 704 g/mol. The van der Waals surface area contributed by atoms with E-state index in [1.165, 1.54) is 87.7 Å². The van der Waals surface area contributed by atoms with E-state index < -0.39 is 0 Å². The van der Waals surface area contributed by atoms with Gasteiger partial charge in [0.2, 0.25) is 5.69 Å². The van der Waals surface area contributed by atoms with Crippen LogP contribution < -0.4 is 26.8 Å². The van der Waals surface area contributed by atoms with Gasteiger partial charge in [-0.25, -0.2) is 0 Å². The van der Waals surface area contributed by atoms with Crippen molar-refractivity contribution in [2.75, 3.05) is 39.1 Å². The van der Waals surface area contributed by atoms with Crippen LogP contribution in [0.25, 0.3) is 21.5 Å². The van der Waals surface area contributed by atoms with Gasteiger partial charge in [0, 0.05) is 41.1 Å². The predicted octanol–water partition coefficient (Wildman–Crippen LogP) is 6.06. The van der Waals surface area contributed by atoms with E-state index in [0.717, 1.165) is 6.54 Å². The maximum atomic E-state index is 2.60. The van der Waals surface area contributed by atoms with Gasteiger partial charge >= 0.3 is 0 Å². The molecule has 0 bridgehead atoms. The zero-order valence-electron chi connectivity index (χ0n) is 30.0. The number of unbranched alkanes of at least 4 members (excludes halogenated alkanes) is 3. The molecule has 2 aliphatic rings. The number of benzene rings is 4. The van der Waals surface area contributed by atoms with Crippen LogP contribution in [0.3, 0.4) is 0 Å². The molecular weight excluding hydrogens is 650 g/mol. The number of nitrogens with zero attached hydrogens (tertiary/aromatic N) is 2. The molecule has 0 amide bonds. The Kier molecular flexibility index (Phi) is 11.0. The van der Waals surface area contributed by atoms with Crippen LogP contribution in [0.5, 0.6) is 0 Å². The molecular formula is C44H53BrN3+. The summed E-state index contributed by atoms with van der Waals surface area (Å²) >= 11 is 0. The van der Waals surface area contributed by atoms with Gasteiger partial charge < -0.3 is 26.8 Å². The fourth-order valence-electron chi connectivity index (χ4n) is 8.06. The minimum Gasteiger partial charge on any atom is -1.00 e. The SMILES string of the molecule is C[N+]1=C(/C=C/C=C/C=C/C=C2/N(CCCCCC[NH+](C)C)c3ccc4ccccc4c3C2(C)C)C(C)(C)c2c1ccc1ccccc21.[Br-]. The highest BCUT2D eigenvalue weighted by atomic mass is 79.9. The van der Waals surface area contributed by atoms with Crippen molar-refractivity contribution in [3.8, 4) is 0 Å². The Labute approximate surface area is 299 Å². The van der Waals surface area contributed by atoms with Gasteiger partial charge in [0.05, 0.1) is 26.1 Å². The summed E-state index contributed by atoms with van der Waals surface area (Å²) in [5.74, 6) is 0. The third-order valence-corrected chi connectivity index (χ3v) is 10.4. The molecule has 0 atom stereocenters. The fourth-order valence-corrected chi connectivity index (χ4v) is 8.06. The Morgan fingerprint density at radius 2 is 1.27 bits per heavy atom. The number of anilines is 1. The molecule has 0 unspecified atom stereocenters. The molecule has 1 N–H and O–H groups in total. The second-order valence-electron chi connectivity index (χ2n) is 14.8. The minimum absolute atomic E-state index is 0. The predicted molar refractivity (Wildman–Crippen MR) is 204 cm³/mol. The number of halogens is 1. The van der Waals surface area contributed by atoms with Gasteiger partial charge in [-0.3, -0.25) is 0 Å². The molecule has 2 heterocycles. The summed E-state index contributed by atoms with van der Waals surface area (Å²) in [6.07, 6.45) is 20.6. The van der Waals surface area contributed by atoms with Crippen LogP contribution in [-0.2, 0) is 10.8 Å². The van der Waals surface area contributed by atoms with E-state index in [2.05, 4.69) is 174 Å². The van der Waals surface area contributed by atoms with E-state index in [-0.39, 0.29) is 27.8 Å². The van der Waals surface area contributed by atoms with Crippen molar-refractivity contribution in [2.24, 2.45) is 0 Å². The number of allylic oxidation sites excluding steroid dienone is 8. The molecule has 48 heavy (non-hydrogen) atoms. The van der Waals surface area contributed by atoms with Crippen LogP contribution in [0.2, 0.25) is 0 Å². The van der Waals surface area contributed by atoms with Crippen molar-refractivity contribution in [3.05, 3.63) is 132 Å². The highest BCUT2D eigenvalue weighted by Gasteiger charge is 2.44. The molecule has 0 aromatic heterocycles. The third kappa shape index (κ3) is 6.75. The first-order chi connectivity index (χ1) is 22.6. The summed E-state index contributed by atoms with van der Waals surface area (Å²) < 4.78 is 2.35. The van der Waals surface area contributed by atoms with E-state index in [4.69, 9.17) is 0 Å². The average Bonchev–Trinajstić information content (AvgIpc) is 3.39. The van der Waals surface area contributed by atoms with E-state index in [0.29, 0.717) is 0 Å². The van der Waals surface area contributed by atoms with Crippen LogP contribution in [0.4, 0.5) is 11.4 Å². The summed E-state index contributed by atoms with van der Waals surface area (Å²) in [5, 5.41) is 5.35. The minimum atomic E-state index is -0.0765. The molecule has 0 spiro atoms. The normalized spacial score (nSPS) is 17.6. The van der Waals surface area contributed by atoms with Crippen LogP contribution in [0.15, 0.2) is 121 Å². The van der Waals surface area contributed by atoms with Gasteiger partial charge in [-0.1, -0.05) is 105 Å². The zero-order chi connectivity index (χ0) is 33.2. The molecule has 0 radical (unpaired) electrons. The number of fused-ring (bicyclic) bond motifs is 6. The summed E-state index contributed by atoms with van der Waals surface area (Å²) in [7, 11) is 6.69. The largest absolute Gasteiger partial charge is 1.00 e. The number of quaternary nitrogens is 1. The smallest absolute Gasteiger partial charge is 0.210 e. The lowest BCUT2D eigenvalue weighted by Crippen LogP contribution is -3.05. The van der Waals surface area contributed by atoms with Gasteiger partial charge in [-0.15, -0.1) is 0 Å². The summed E-state index contributed by atoms with van der Waals surface area (Å²) in [6, 6.07) is 26.8. The van der Waals surface area contributed by atoms with Crippen LogP contribution >= 0.6 is 0 Å². The van der Waals surface area contributed by atoms with Gasteiger partial charge in [0.1, 0.15) is 7.05 Å². The number of nitrogens with one attached hydrogen (secondary N) is 1. The molecule has 4 aromatic rings. The van der Waals surface area contributed by atoms with Crippen LogP contribution in [0, 0.1) is 0 Å². The maximum absolute atomic E-state index is 2.60. The van der Waals surface area contributed by atoms with Crippen molar-refractivity contribution in [2.45, 2.75) is 64.2 Å². The summed E-state index contributed by atoms with van der Waals surface area (Å²) in [6.45, 7) is 11.8. The third-order valence-electron chi connectivity index (χ3n) is 10.4. The standard InChI is InChI=1S/C44H52N3.BrH/c1-43(2)39(46(7)37-29-27-33-21-15-17-23-35(33)41(37)43)25-13-9-8-10-14-26-40-44(3,4)42-36-24-18-16-22-34(36)28-30-38(42)47(40)32-20-12-11-19-31-45(5)6;/h8-10,13-18,21-30H,11-12,19-20,31-32H2,1-7H3;1H/q+1;. The molecule has 0 saturated heterocycles. The first-order valence-corrected chi connectivity index (χ1v) is 17.6. The first kappa shape index (κ1) is 35.6. The lowest BCUT2D eigenvalue weighted by atomic mass is 9.79. The summed E-state index contributed by atoms with van der Waals surface area (Å²) in [4.78, 5) is 4.14. The molecule has 0 aliphatic carbocycles. The molecule has 0 saturated carbocycles. The Hall–Kier alpha value is -3.73. The van der Waals surface area contributed by atoms with Crippen molar-refractivity contribution in [1.82, 2.24) is 0 Å². The zero-order valence-corrected chi connectivity index (χ0v) is 31.6. The quantitative estimate of drug-likeness (QED) is 0.114. The summed E-state index contributed by atoms with van der Waals surface area (Å²) in [5.41, 5.74) is 8.11. The maximum Gasteiger partial charge on any atom is 0.210 e. The van der Waals surface area contributed by atoms with E-state index >= 15 is 0 Å². The van der Waals surface area contributed by atoms with Crippen molar-refractivity contribution in [1.29, 1.82) is 0 Å². The Morgan fingerprint density at radius 3 is 1.98 bits per heavy atom. The topological polar surface area (TPSA) is 10.7 Å². The van der Waals surface area contributed by atoms with E-state index in [1.54, 1.807) is 4.90 Å². The Bertz CT molecular complexity index is 1940. The lowest BCUT2D eigenvalue weighted by molar-refractivity contribution is -0.858. The number of hydrogen-bond acceptors (Lipinski definition) is 1. The number of hydrogen-bond donors (Lipinski definition) is 1. The first-order valence-electron chi connectivity index (χ1n) is 17.6. The molecule has 4 aromatic carbocycles. The molecule has 2 aliphatic heterocycles. The fraction of sp³-hybridized carbons (Fsp3) is 0.341. The van der Waals surface area contributed by atoms with Crippen molar-refractivity contribution in [3.63, 3.8) is 0 Å². The van der Waals surface area contributed by atoms with E-state index in [1.807, 2.05) is 0 Å². The number of rotatable bonds is 11. The highest BCUT2D eigenvalue weighted by Crippen LogP contribution is 2.51. The molecule has 6 rings (SSSR count). The Balaban J connectivity index is 0.00000451. The molecule has 3 nitrogen and oxygen atoms in total.